The van der Waals surface area contributed by atoms with Gasteiger partial charge in [-0.05, 0) is 0 Å². The zero-order valence-electron chi connectivity index (χ0n) is 1.72. The molecule has 0 nitrogen and oxygen atoms in total. The molecule has 0 saturated carbocycles. The van der Waals surface area contributed by atoms with E-state index in [-0.39, 0.29) is 39.5 Å². The molecular formula is H5CrMgNiSi. The second kappa shape index (κ2) is 19.9. The molecule has 0 N–H and O–H groups in total. The van der Waals surface area contributed by atoms with Crippen LogP contribution < -0.4 is 0 Å². The Morgan fingerprint density at radius 3 is 1.25 bits per heavy atom. The van der Waals surface area contributed by atoms with Gasteiger partial charge in [-0.25, -0.2) is 0 Å². The standard InChI is InChI=1S/Cr.Mg.Ni.H3Si.2H/h;;;1H3;;. The number of hydrogen-bond acceptors (Lipinski definition) is 0. The minimum atomic E-state index is 0. The average Bonchev–Trinajstić information content (AvgIpc) is 1.00. The summed E-state index contributed by atoms with van der Waals surface area (Å²) in [7, 11) is 1.18. The van der Waals surface area contributed by atoms with Crippen LogP contribution in [0.2, 0.25) is 0 Å². The number of hydrogen-bond donors (Lipinski definition) is 0. The van der Waals surface area contributed by atoms with Gasteiger partial charge in [0.2, 0.25) is 0 Å². The van der Waals surface area contributed by atoms with E-state index in [9.17, 15) is 0 Å². The SMILES string of the molecule is [MgH2].[Ni].[SiH3][Cr]. The molecule has 0 heterocycles. The normalized spacial score (nSPS) is 2.00. The Morgan fingerprint density at radius 2 is 1.25 bits per heavy atom. The van der Waals surface area contributed by atoms with Crippen molar-refractivity contribution in [2.45, 2.75) is 0 Å². The van der Waals surface area contributed by atoms with Crippen molar-refractivity contribution >= 4 is 31.9 Å². The van der Waals surface area contributed by atoms with E-state index in [1.54, 1.807) is 0 Å². The van der Waals surface area contributed by atoms with Crippen LogP contribution in [0.3, 0.4) is 0 Å². The minimum absolute atomic E-state index is 0. The molecule has 0 rings (SSSR count). The van der Waals surface area contributed by atoms with Crippen LogP contribution in [0.15, 0.2) is 0 Å². The average molecular weight is 168 g/mol. The van der Waals surface area contributed by atoms with E-state index in [2.05, 4.69) is 15.6 Å². The van der Waals surface area contributed by atoms with Gasteiger partial charge in [-0.15, -0.1) is 0 Å². The molecule has 0 aromatic heterocycles. The fourth-order valence-corrected chi connectivity index (χ4v) is 0. The van der Waals surface area contributed by atoms with Gasteiger partial charge in [-0.3, -0.25) is 0 Å². The third-order valence-electron chi connectivity index (χ3n) is 0. The van der Waals surface area contributed by atoms with Gasteiger partial charge >= 0.3 is 47.5 Å². The van der Waals surface area contributed by atoms with Crippen molar-refractivity contribution in [3.63, 3.8) is 0 Å². The van der Waals surface area contributed by atoms with Gasteiger partial charge in [0.15, 0.2) is 0 Å². The Hall–Kier alpha value is 2.01. The van der Waals surface area contributed by atoms with Gasteiger partial charge in [-0.2, -0.15) is 0 Å². The Labute approximate surface area is 63.5 Å². The molecule has 0 fully saturated rings. The van der Waals surface area contributed by atoms with Crippen molar-refractivity contribution < 1.29 is 32.1 Å². The monoisotopic (exact) mass is 167 g/mol. The predicted octanol–water partition coefficient (Wildman–Crippen LogP) is -2.11. The van der Waals surface area contributed by atoms with Crippen LogP contribution in [0, 0.1) is 0 Å². The molecule has 27 valence electrons. The first-order valence-electron chi connectivity index (χ1n) is 0.408. The van der Waals surface area contributed by atoms with Crippen LogP contribution in [0.4, 0.5) is 0 Å². The second-order valence-corrected chi connectivity index (χ2v) is 0. The molecule has 0 aromatic carbocycles. The summed E-state index contributed by atoms with van der Waals surface area (Å²) in [5.74, 6) is 0. The molecule has 4 heavy (non-hydrogen) atoms. The molecule has 0 aliphatic carbocycles. The second-order valence-electron chi connectivity index (χ2n) is 0. The Balaban J connectivity index is -0.00000000500. The van der Waals surface area contributed by atoms with Gasteiger partial charge in [0.1, 0.15) is 0 Å². The first-order valence-corrected chi connectivity index (χ1v) is 5.05. The Kier molecular flexibility index (Phi) is 83.0. The van der Waals surface area contributed by atoms with E-state index in [4.69, 9.17) is 0 Å². The van der Waals surface area contributed by atoms with Crippen LogP contribution in [0.1, 0.15) is 0 Å². The third-order valence-corrected chi connectivity index (χ3v) is 0. The molecule has 0 atom stereocenters. The topological polar surface area (TPSA) is 0 Å². The molecule has 0 aliphatic rings. The summed E-state index contributed by atoms with van der Waals surface area (Å²) >= 11 is 2.76. The molecule has 0 spiro atoms. The van der Waals surface area contributed by atoms with E-state index in [1.807, 2.05) is 0 Å². The zero-order chi connectivity index (χ0) is 2.00. The molecule has 0 aromatic rings. The third kappa shape index (κ3) is 8.99. The van der Waals surface area contributed by atoms with Crippen molar-refractivity contribution in [3.8, 4) is 0 Å². The molecule has 4 heteroatoms. The van der Waals surface area contributed by atoms with E-state index in [0.29, 0.717) is 0 Å². The Morgan fingerprint density at radius 1 is 1.25 bits per heavy atom. The maximum atomic E-state index is 2.76. The predicted molar refractivity (Wildman–Crippen MR) is 18.5 cm³/mol. The van der Waals surface area contributed by atoms with E-state index >= 15 is 0 Å². The first kappa shape index (κ1) is 16.7. The molecular weight excluding hydrogens is 163 g/mol. The molecule has 0 radical (unpaired) electrons. The summed E-state index contributed by atoms with van der Waals surface area (Å²) in [6.07, 6.45) is 0. The van der Waals surface area contributed by atoms with Gasteiger partial charge in [-0.1, -0.05) is 0 Å². The summed E-state index contributed by atoms with van der Waals surface area (Å²) in [5, 5.41) is 0. The van der Waals surface area contributed by atoms with Crippen molar-refractivity contribution in [3.05, 3.63) is 0 Å². The van der Waals surface area contributed by atoms with Crippen LogP contribution in [0.25, 0.3) is 0 Å². The molecule has 0 amide bonds. The van der Waals surface area contributed by atoms with Crippen LogP contribution >= 0.6 is 0 Å². The van der Waals surface area contributed by atoms with Crippen LogP contribution in [-0.2, 0) is 32.1 Å². The van der Waals surface area contributed by atoms with Crippen LogP contribution in [-0.4, -0.2) is 31.9 Å². The first-order chi connectivity index (χ1) is 1.00. The zero-order valence-corrected chi connectivity index (χ0v) is 5.99. The fraction of sp³-hybridized carbons (Fsp3) is 0. The van der Waals surface area contributed by atoms with E-state index in [1.165, 1.54) is 8.80 Å². The van der Waals surface area contributed by atoms with Crippen molar-refractivity contribution in [1.82, 2.24) is 0 Å². The van der Waals surface area contributed by atoms with Gasteiger partial charge < -0.3 is 0 Å². The summed E-state index contributed by atoms with van der Waals surface area (Å²) in [6.45, 7) is 0. The van der Waals surface area contributed by atoms with Crippen molar-refractivity contribution in [2.75, 3.05) is 0 Å². The van der Waals surface area contributed by atoms with Gasteiger partial charge in [0.25, 0.3) is 0 Å². The van der Waals surface area contributed by atoms with Crippen molar-refractivity contribution in [2.24, 2.45) is 0 Å². The number of rotatable bonds is 0. The molecule has 0 aliphatic heterocycles. The summed E-state index contributed by atoms with van der Waals surface area (Å²) in [4.78, 5) is 0. The van der Waals surface area contributed by atoms with E-state index in [0.717, 1.165) is 0 Å². The molecule has 0 saturated heterocycles. The Bertz CT molecular complexity index is 8.00. The summed E-state index contributed by atoms with van der Waals surface area (Å²) in [6, 6.07) is 0. The molecule has 0 bridgehead atoms. The maximum absolute atomic E-state index is 2.76. The fourth-order valence-electron chi connectivity index (χ4n) is 0. The van der Waals surface area contributed by atoms with Crippen LogP contribution in [0.5, 0.6) is 0 Å². The van der Waals surface area contributed by atoms with Crippen molar-refractivity contribution in [1.29, 1.82) is 0 Å². The summed E-state index contributed by atoms with van der Waals surface area (Å²) < 4.78 is 0. The van der Waals surface area contributed by atoms with Gasteiger partial charge in [0, 0.05) is 16.5 Å². The van der Waals surface area contributed by atoms with E-state index < -0.39 is 0 Å². The van der Waals surface area contributed by atoms with Gasteiger partial charge in [0.05, 0.1) is 0 Å². The quantitative estimate of drug-likeness (QED) is 0.363. The molecule has 0 unspecified atom stereocenters. The summed E-state index contributed by atoms with van der Waals surface area (Å²) in [5.41, 5.74) is 0.